The molecule has 1 amide bonds. The van der Waals surface area contributed by atoms with E-state index < -0.39 is 5.91 Å². The molecule has 0 saturated heterocycles. The van der Waals surface area contributed by atoms with Gasteiger partial charge in [-0.05, 0) is 36.8 Å². The van der Waals surface area contributed by atoms with Crippen LogP contribution in [-0.4, -0.2) is 11.0 Å². The number of azo groups is 1. The quantitative estimate of drug-likeness (QED) is 0.306. The maximum absolute atomic E-state index is 12.4. The van der Waals surface area contributed by atoms with Gasteiger partial charge in [0, 0.05) is 11.8 Å². The molecular weight excluding hydrogens is 366 g/mol. The zero-order valence-corrected chi connectivity index (χ0v) is 15.9. The van der Waals surface area contributed by atoms with Gasteiger partial charge in [0.05, 0.1) is 5.69 Å². The monoisotopic (exact) mass is 387 g/mol. The fourth-order valence-corrected chi connectivity index (χ4v) is 2.48. The molecule has 3 aromatic rings. The standard InChI is InChI=1S/C23H21N3O3/c1-17(27)22(23(28)24-19-11-6-3-7-12-19)26-25-20-13-8-14-21(15-20)29-16-18-9-4-2-5-10-18/h2-15,27H,16H2,1H3,(H,24,28)/b22-17+,26-25?. The number of benzene rings is 3. The van der Waals surface area contributed by atoms with Crippen LogP contribution in [0.2, 0.25) is 0 Å². The lowest BCUT2D eigenvalue weighted by Crippen LogP contribution is -2.14. The van der Waals surface area contributed by atoms with Gasteiger partial charge in [0.25, 0.3) is 5.91 Å². The Labute approximate surface area is 169 Å². The van der Waals surface area contributed by atoms with Crippen molar-refractivity contribution in [2.24, 2.45) is 10.2 Å². The summed E-state index contributed by atoms with van der Waals surface area (Å²) in [7, 11) is 0. The number of nitrogens with zero attached hydrogens (tertiary/aromatic N) is 2. The molecule has 0 bridgehead atoms. The van der Waals surface area contributed by atoms with Gasteiger partial charge in [-0.15, -0.1) is 5.11 Å². The third-order valence-electron chi connectivity index (χ3n) is 3.92. The number of carbonyl (C=O) groups is 1. The van der Waals surface area contributed by atoms with Gasteiger partial charge in [-0.1, -0.05) is 54.6 Å². The van der Waals surface area contributed by atoms with E-state index in [9.17, 15) is 9.90 Å². The molecule has 0 aromatic heterocycles. The van der Waals surface area contributed by atoms with Crippen LogP contribution in [0.15, 0.2) is 107 Å². The number of ether oxygens (including phenoxy) is 1. The van der Waals surface area contributed by atoms with E-state index in [0.717, 1.165) is 5.56 Å². The Balaban J connectivity index is 1.68. The van der Waals surface area contributed by atoms with Crippen molar-refractivity contribution in [3.05, 3.63) is 102 Å². The van der Waals surface area contributed by atoms with E-state index in [2.05, 4.69) is 15.5 Å². The Hall–Kier alpha value is -3.93. The highest BCUT2D eigenvalue weighted by atomic mass is 16.5. The number of para-hydroxylation sites is 1. The van der Waals surface area contributed by atoms with Gasteiger partial charge in [-0.25, -0.2) is 0 Å². The SMILES string of the molecule is C/C(O)=C(\N=Nc1cccc(OCc2ccccc2)c1)C(=O)Nc1ccccc1. The summed E-state index contributed by atoms with van der Waals surface area (Å²) >= 11 is 0. The summed E-state index contributed by atoms with van der Waals surface area (Å²) in [5.74, 6) is -0.139. The molecule has 3 rings (SSSR count). The summed E-state index contributed by atoms with van der Waals surface area (Å²) in [6.07, 6.45) is 0. The maximum Gasteiger partial charge on any atom is 0.279 e. The van der Waals surface area contributed by atoms with Crippen LogP contribution < -0.4 is 10.1 Å². The van der Waals surface area contributed by atoms with E-state index in [1.807, 2.05) is 42.5 Å². The number of carbonyl (C=O) groups excluding carboxylic acids is 1. The minimum Gasteiger partial charge on any atom is -0.510 e. The van der Waals surface area contributed by atoms with Crippen LogP contribution in [0.3, 0.4) is 0 Å². The van der Waals surface area contributed by atoms with Gasteiger partial charge in [-0.3, -0.25) is 4.79 Å². The number of anilines is 1. The molecule has 0 aliphatic rings. The Kier molecular flexibility index (Phi) is 6.73. The van der Waals surface area contributed by atoms with Crippen LogP contribution in [0.5, 0.6) is 5.75 Å². The molecule has 0 fully saturated rings. The van der Waals surface area contributed by atoms with Gasteiger partial charge < -0.3 is 15.2 Å². The highest BCUT2D eigenvalue weighted by Gasteiger charge is 2.13. The van der Waals surface area contributed by atoms with E-state index in [-0.39, 0.29) is 11.5 Å². The summed E-state index contributed by atoms with van der Waals surface area (Å²) in [6.45, 7) is 1.82. The minimum atomic E-state index is -0.545. The van der Waals surface area contributed by atoms with Gasteiger partial charge >= 0.3 is 0 Å². The van der Waals surface area contributed by atoms with Crippen molar-refractivity contribution >= 4 is 17.3 Å². The molecule has 0 spiro atoms. The first-order valence-electron chi connectivity index (χ1n) is 9.06. The normalized spacial score (nSPS) is 11.8. The number of aliphatic hydroxyl groups is 1. The number of hydrogen-bond acceptors (Lipinski definition) is 5. The molecule has 0 aliphatic heterocycles. The summed E-state index contributed by atoms with van der Waals surface area (Å²) in [5.41, 5.74) is 1.99. The van der Waals surface area contributed by atoms with Gasteiger partial charge in [-0.2, -0.15) is 5.11 Å². The predicted octanol–water partition coefficient (Wildman–Crippen LogP) is 5.78. The van der Waals surface area contributed by atoms with Crippen molar-refractivity contribution in [1.29, 1.82) is 0 Å². The van der Waals surface area contributed by atoms with Crippen LogP contribution in [0.25, 0.3) is 0 Å². The van der Waals surface area contributed by atoms with Crippen molar-refractivity contribution in [1.82, 2.24) is 0 Å². The highest BCUT2D eigenvalue weighted by Crippen LogP contribution is 2.22. The van der Waals surface area contributed by atoms with Crippen LogP contribution in [-0.2, 0) is 11.4 Å². The largest absolute Gasteiger partial charge is 0.510 e. The second-order valence-electron chi connectivity index (χ2n) is 6.23. The number of hydrogen-bond donors (Lipinski definition) is 2. The topological polar surface area (TPSA) is 83.3 Å². The molecule has 0 heterocycles. The lowest BCUT2D eigenvalue weighted by Gasteiger charge is -2.07. The Morgan fingerprint density at radius 3 is 2.34 bits per heavy atom. The number of aliphatic hydroxyl groups excluding tert-OH is 1. The van der Waals surface area contributed by atoms with Gasteiger partial charge in [0.15, 0.2) is 5.70 Å². The van der Waals surface area contributed by atoms with Crippen molar-refractivity contribution in [3.63, 3.8) is 0 Å². The third-order valence-corrected chi connectivity index (χ3v) is 3.92. The van der Waals surface area contributed by atoms with E-state index in [1.54, 1.807) is 42.5 Å². The number of rotatable bonds is 7. The van der Waals surface area contributed by atoms with E-state index in [1.165, 1.54) is 6.92 Å². The summed E-state index contributed by atoms with van der Waals surface area (Å²) in [6, 6.07) is 25.8. The molecule has 146 valence electrons. The van der Waals surface area contributed by atoms with E-state index in [4.69, 9.17) is 4.74 Å². The minimum absolute atomic E-state index is 0.163. The fourth-order valence-electron chi connectivity index (χ4n) is 2.48. The van der Waals surface area contributed by atoms with Crippen molar-refractivity contribution in [3.8, 4) is 5.75 Å². The molecule has 0 atom stereocenters. The Morgan fingerprint density at radius 2 is 1.66 bits per heavy atom. The molecule has 2 N–H and O–H groups in total. The second-order valence-corrected chi connectivity index (χ2v) is 6.23. The molecule has 3 aromatic carbocycles. The molecule has 6 heteroatoms. The molecule has 0 aliphatic carbocycles. The smallest absolute Gasteiger partial charge is 0.279 e. The zero-order chi connectivity index (χ0) is 20.5. The predicted molar refractivity (Wildman–Crippen MR) is 112 cm³/mol. The zero-order valence-electron chi connectivity index (χ0n) is 15.9. The van der Waals surface area contributed by atoms with Gasteiger partial charge in [0.2, 0.25) is 0 Å². The average Bonchev–Trinajstić information content (AvgIpc) is 2.74. The van der Waals surface area contributed by atoms with Crippen LogP contribution >= 0.6 is 0 Å². The Bertz CT molecular complexity index is 1010. The summed E-state index contributed by atoms with van der Waals surface area (Å²) < 4.78 is 5.77. The summed E-state index contributed by atoms with van der Waals surface area (Å²) in [5, 5.41) is 20.5. The van der Waals surface area contributed by atoms with Crippen molar-refractivity contribution < 1.29 is 14.6 Å². The number of nitrogens with one attached hydrogen (secondary N) is 1. The van der Waals surface area contributed by atoms with Crippen molar-refractivity contribution in [2.45, 2.75) is 13.5 Å². The van der Waals surface area contributed by atoms with Gasteiger partial charge in [0.1, 0.15) is 18.1 Å². The first-order valence-corrected chi connectivity index (χ1v) is 9.06. The lowest BCUT2D eigenvalue weighted by atomic mass is 10.2. The molecule has 6 nitrogen and oxygen atoms in total. The maximum atomic E-state index is 12.4. The first-order chi connectivity index (χ1) is 14.1. The number of amides is 1. The van der Waals surface area contributed by atoms with Crippen LogP contribution in [0, 0.1) is 0 Å². The summed E-state index contributed by atoms with van der Waals surface area (Å²) in [4.78, 5) is 12.4. The lowest BCUT2D eigenvalue weighted by molar-refractivity contribution is -0.113. The van der Waals surface area contributed by atoms with Crippen molar-refractivity contribution in [2.75, 3.05) is 5.32 Å². The van der Waals surface area contributed by atoms with E-state index >= 15 is 0 Å². The Morgan fingerprint density at radius 1 is 0.966 bits per heavy atom. The molecule has 0 saturated carbocycles. The average molecular weight is 387 g/mol. The fraction of sp³-hybridized carbons (Fsp3) is 0.0870. The molecule has 29 heavy (non-hydrogen) atoms. The highest BCUT2D eigenvalue weighted by molar-refractivity contribution is 6.03. The first kappa shape index (κ1) is 19.8. The second kappa shape index (κ2) is 9.85. The van der Waals surface area contributed by atoms with Crippen LogP contribution in [0.4, 0.5) is 11.4 Å². The molecule has 0 unspecified atom stereocenters. The third kappa shape index (κ3) is 6.04. The van der Waals surface area contributed by atoms with Crippen LogP contribution in [0.1, 0.15) is 12.5 Å². The molecule has 0 radical (unpaired) electrons. The molecular formula is C23H21N3O3. The van der Waals surface area contributed by atoms with E-state index in [0.29, 0.717) is 23.7 Å². The number of allylic oxidation sites excluding steroid dienone is 1.